The van der Waals surface area contributed by atoms with Crippen LogP contribution in [-0.4, -0.2) is 52.6 Å². The maximum Gasteiger partial charge on any atom is 0.337 e. The minimum Gasteiger partial charge on any atom is -0.478 e. The van der Waals surface area contributed by atoms with E-state index < -0.39 is 26.8 Å². The number of carbonyl (C=O) groups is 1. The Bertz CT molecular complexity index is 710. The molecule has 0 atom stereocenters. The van der Waals surface area contributed by atoms with Gasteiger partial charge in [0.05, 0.1) is 10.6 Å². The second kappa shape index (κ2) is 6.21. The zero-order valence-corrected chi connectivity index (χ0v) is 13.7. The van der Waals surface area contributed by atoms with Crippen LogP contribution in [0.2, 0.25) is 10.0 Å². The molecule has 0 spiro atoms. The molecule has 1 aliphatic heterocycles. The molecule has 6 nitrogen and oxygen atoms in total. The lowest BCUT2D eigenvalue weighted by Gasteiger charge is -2.26. The fraction of sp³-hybridized carbons (Fsp3) is 0.364. The van der Waals surface area contributed by atoms with Gasteiger partial charge in [-0.25, -0.2) is 13.2 Å². The monoisotopic (exact) mass is 371 g/mol. The number of sulfonamides is 1. The number of hydrogen-bond acceptors (Lipinski definition) is 4. The molecule has 1 fully saturated rings. The molecule has 0 radical (unpaired) electrons. The normalized spacial score (nSPS) is 17.8. The molecular formula is C11H11Cl2NO5S2. The Morgan fingerprint density at radius 1 is 1.24 bits per heavy atom. The molecule has 10 heteroatoms. The van der Waals surface area contributed by atoms with E-state index in [9.17, 15) is 17.4 Å². The standard InChI is InChI=1S/C11H11Cl2NO5S2/c12-7-5-8(11(15)16)10(13)9(6-7)21(18,19)14-1-3-20(17)4-2-14/h5-6H,1-4H2,(H,15,16). The van der Waals surface area contributed by atoms with Crippen molar-refractivity contribution in [3.8, 4) is 0 Å². The van der Waals surface area contributed by atoms with Crippen LogP contribution >= 0.6 is 23.2 Å². The molecule has 0 aliphatic carbocycles. The molecule has 1 aromatic rings. The summed E-state index contributed by atoms with van der Waals surface area (Å²) in [5, 5.41) is 8.63. The highest BCUT2D eigenvalue weighted by molar-refractivity contribution is 7.89. The van der Waals surface area contributed by atoms with E-state index in [1.54, 1.807) is 0 Å². The highest BCUT2D eigenvalue weighted by Crippen LogP contribution is 2.31. The summed E-state index contributed by atoms with van der Waals surface area (Å²) in [6.45, 7) is 0.195. The number of halogens is 2. The van der Waals surface area contributed by atoms with Crippen molar-refractivity contribution in [1.29, 1.82) is 0 Å². The predicted molar refractivity (Wildman–Crippen MR) is 80.1 cm³/mol. The predicted octanol–water partition coefficient (Wildman–Crippen LogP) is 1.44. The van der Waals surface area contributed by atoms with Crippen molar-refractivity contribution < 1.29 is 22.5 Å². The van der Waals surface area contributed by atoms with Gasteiger partial charge >= 0.3 is 5.97 Å². The Kier molecular flexibility index (Phi) is 4.94. The van der Waals surface area contributed by atoms with Crippen molar-refractivity contribution in [3.63, 3.8) is 0 Å². The van der Waals surface area contributed by atoms with Crippen LogP contribution in [0, 0.1) is 0 Å². The van der Waals surface area contributed by atoms with Crippen molar-refractivity contribution in [2.24, 2.45) is 0 Å². The first-order chi connectivity index (χ1) is 9.73. The summed E-state index contributed by atoms with van der Waals surface area (Å²) < 4.78 is 37.5. The Morgan fingerprint density at radius 3 is 2.33 bits per heavy atom. The molecule has 1 aromatic carbocycles. The average molecular weight is 372 g/mol. The fourth-order valence-corrected chi connectivity index (χ4v) is 5.51. The second-order valence-corrected chi connectivity index (χ2v) is 8.74. The quantitative estimate of drug-likeness (QED) is 0.867. The van der Waals surface area contributed by atoms with Gasteiger partial charge in [-0.05, 0) is 12.1 Å². The van der Waals surface area contributed by atoms with Crippen molar-refractivity contribution in [3.05, 3.63) is 27.7 Å². The van der Waals surface area contributed by atoms with E-state index in [0.29, 0.717) is 0 Å². The molecule has 0 bridgehead atoms. The van der Waals surface area contributed by atoms with E-state index in [-0.39, 0.29) is 45.1 Å². The van der Waals surface area contributed by atoms with Gasteiger partial charge in [0.1, 0.15) is 4.90 Å². The Morgan fingerprint density at radius 2 is 1.81 bits per heavy atom. The summed E-state index contributed by atoms with van der Waals surface area (Å²) in [5.41, 5.74) is -0.372. The third-order valence-corrected chi connectivity index (χ3v) is 6.93. The van der Waals surface area contributed by atoms with Gasteiger partial charge in [0.25, 0.3) is 0 Å². The van der Waals surface area contributed by atoms with Crippen LogP contribution in [0.25, 0.3) is 0 Å². The second-order valence-electron chi connectivity index (χ2n) is 4.32. The molecule has 1 saturated heterocycles. The molecule has 1 heterocycles. The minimum absolute atomic E-state index is 0.0315. The van der Waals surface area contributed by atoms with Gasteiger partial charge in [-0.15, -0.1) is 0 Å². The lowest BCUT2D eigenvalue weighted by molar-refractivity contribution is 0.0697. The van der Waals surface area contributed by atoms with E-state index in [1.165, 1.54) is 0 Å². The van der Waals surface area contributed by atoms with E-state index >= 15 is 0 Å². The summed E-state index contributed by atoms with van der Waals surface area (Å²) in [5.74, 6) is -0.884. The van der Waals surface area contributed by atoms with Gasteiger partial charge in [0.2, 0.25) is 10.0 Å². The Labute approximate surface area is 134 Å². The molecule has 1 aliphatic rings. The smallest absolute Gasteiger partial charge is 0.337 e. The van der Waals surface area contributed by atoms with Gasteiger partial charge in [-0.2, -0.15) is 4.31 Å². The van der Waals surface area contributed by atoms with Crippen LogP contribution in [0.3, 0.4) is 0 Å². The number of hydrogen-bond donors (Lipinski definition) is 1. The highest BCUT2D eigenvalue weighted by atomic mass is 35.5. The number of carboxylic acids is 1. The maximum atomic E-state index is 12.5. The first-order valence-corrected chi connectivity index (χ1v) is 9.49. The number of rotatable bonds is 3. The first-order valence-electron chi connectivity index (χ1n) is 5.81. The molecule has 21 heavy (non-hydrogen) atoms. The third kappa shape index (κ3) is 3.40. The van der Waals surface area contributed by atoms with Crippen molar-refractivity contribution >= 4 is 50.0 Å². The van der Waals surface area contributed by atoms with Crippen LogP contribution in [0.1, 0.15) is 10.4 Å². The van der Waals surface area contributed by atoms with Gasteiger partial charge in [-0.3, -0.25) is 4.21 Å². The van der Waals surface area contributed by atoms with E-state index in [0.717, 1.165) is 16.4 Å². The first kappa shape index (κ1) is 16.7. The maximum absolute atomic E-state index is 12.5. The average Bonchev–Trinajstić information content (AvgIpc) is 2.41. The zero-order valence-electron chi connectivity index (χ0n) is 10.6. The summed E-state index contributed by atoms with van der Waals surface area (Å²) >= 11 is 11.7. The number of aromatic carboxylic acids is 1. The van der Waals surface area contributed by atoms with Crippen molar-refractivity contribution in [1.82, 2.24) is 4.31 Å². The van der Waals surface area contributed by atoms with Gasteiger partial charge < -0.3 is 5.11 Å². The largest absolute Gasteiger partial charge is 0.478 e. The minimum atomic E-state index is -3.98. The van der Waals surface area contributed by atoms with Gasteiger partial charge in [-0.1, -0.05) is 23.2 Å². The van der Waals surface area contributed by atoms with Crippen LogP contribution in [0.5, 0.6) is 0 Å². The SMILES string of the molecule is O=C(O)c1cc(Cl)cc(S(=O)(=O)N2CCS(=O)CC2)c1Cl. The molecular weight excluding hydrogens is 361 g/mol. The van der Waals surface area contributed by atoms with E-state index in [4.69, 9.17) is 28.3 Å². The van der Waals surface area contributed by atoms with Crippen LogP contribution in [-0.2, 0) is 20.8 Å². The number of carboxylic acid groups (broad SMARTS) is 1. The summed E-state index contributed by atoms with van der Waals surface area (Å²) in [6.07, 6.45) is 0. The number of benzene rings is 1. The van der Waals surface area contributed by atoms with E-state index in [1.807, 2.05) is 0 Å². The molecule has 0 amide bonds. The summed E-state index contributed by atoms with van der Waals surface area (Å²) in [4.78, 5) is 10.7. The van der Waals surface area contributed by atoms with Gasteiger partial charge in [0, 0.05) is 40.4 Å². The topological polar surface area (TPSA) is 91.8 Å². The highest BCUT2D eigenvalue weighted by Gasteiger charge is 2.31. The van der Waals surface area contributed by atoms with Crippen LogP contribution in [0.15, 0.2) is 17.0 Å². The zero-order chi connectivity index (χ0) is 15.8. The fourth-order valence-electron chi connectivity index (χ4n) is 1.91. The molecule has 116 valence electrons. The summed E-state index contributed by atoms with van der Waals surface area (Å²) in [7, 11) is -5.01. The van der Waals surface area contributed by atoms with E-state index in [2.05, 4.69) is 0 Å². The molecule has 0 saturated carbocycles. The lowest BCUT2D eigenvalue weighted by Crippen LogP contribution is -2.41. The lowest BCUT2D eigenvalue weighted by atomic mass is 10.2. The number of nitrogens with zero attached hydrogens (tertiary/aromatic N) is 1. The van der Waals surface area contributed by atoms with Crippen molar-refractivity contribution in [2.45, 2.75) is 4.90 Å². The van der Waals surface area contributed by atoms with Crippen LogP contribution in [0.4, 0.5) is 0 Å². The van der Waals surface area contributed by atoms with Gasteiger partial charge in [0.15, 0.2) is 0 Å². The third-order valence-electron chi connectivity index (χ3n) is 2.99. The summed E-state index contributed by atoms with van der Waals surface area (Å²) in [6, 6.07) is 2.22. The molecule has 1 N–H and O–H groups in total. The Hall–Kier alpha value is -0.670. The Balaban J connectivity index is 2.50. The van der Waals surface area contributed by atoms with Crippen LogP contribution < -0.4 is 0 Å². The molecule has 0 aromatic heterocycles. The van der Waals surface area contributed by atoms with Crippen molar-refractivity contribution in [2.75, 3.05) is 24.6 Å². The molecule has 0 unspecified atom stereocenters. The molecule has 2 rings (SSSR count).